The maximum absolute atomic E-state index is 11.8. The van der Waals surface area contributed by atoms with E-state index in [2.05, 4.69) is 5.10 Å². The molecule has 19 heavy (non-hydrogen) atoms. The van der Waals surface area contributed by atoms with E-state index in [9.17, 15) is 4.79 Å². The highest BCUT2D eigenvalue weighted by atomic mass is 35.5. The number of nitrogens with zero attached hydrogens (tertiary/aromatic N) is 2. The molecule has 0 saturated carbocycles. The van der Waals surface area contributed by atoms with Gasteiger partial charge in [-0.05, 0) is 37.6 Å². The lowest BCUT2D eigenvalue weighted by Gasteiger charge is -2.05. The monoisotopic (exact) mass is 294 g/mol. The largest absolute Gasteiger partial charge is 0.271 e. The van der Waals surface area contributed by atoms with E-state index in [0.717, 1.165) is 11.3 Å². The molecule has 0 radical (unpaired) electrons. The second-order valence-electron chi connectivity index (χ2n) is 4.20. The van der Waals surface area contributed by atoms with Crippen molar-refractivity contribution in [3.8, 4) is 0 Å². The van der Waals surface area contributed by atoms with E-state index in [1.165, 1.54) is 17.0 Å². The van der Waals surface area contributed by atoms with Crippen molar-refractivity contribution < 1.29 is 0 Å². The van der Waals surface area contributed by atoms with Crippen LogP contribution in [0.1, 0.15) is 16.8 Å². The van der Waals surface area contributed by atoms with Gasteiger partial charge in [0.15, 0.2) is 0 Å². The predicted octanol–water partition coefficient (Wildman–Crippen LogP) is 3.65. The van der Waals surface area contributed by atoms with Crippen LogP contribution in [0, 0.1) is 13.8 Å². The van der Waals surface area contributed by atoms with E-state index in [1.54, 1.807) is 18.2 Å². The van der Waals surface area contributed by atoms with Crippen molar-refractivity contribution in [1.29, 1.82) is 0 Å². The Morgan fingerprint density at radius 2 is 1.79 bits per heavy atom. The molecule has 0 aliphatic heterocycles. The van der Waals surface area contributed by atoms with Crippen LogP contribution in [-0.2, 0) is 0 Å². The maximum atomic E-state index is 11.8. The number of aromatic nitrogens is 1. The predicted molar refractivity (Wildman–Crippen MR) is 79.6 cm³/mol. The van der Waals surface area contributed by atoms with Crippen molar-refractivity contribution in [3.05, 3.63) is 67.6 Å². The van der Waals surface area contributed by atoms with Gasteiger partial charge in [0.2, 0.25) is 0 Å². The fourth-order valence-corrected chi connectivity index (χ4v) is 2.25. The topological polar surface area (TPSA) is 34.4 Å². The van der Waals surface area contributed by atoms with E-state index >= 15 is 0 Å². The van der Waals surface area contributed by atoms with Gasteiger partial charge in [-0.2, -0.15) is 5.10 Å². The van der Waals surface area contributed by atoms with Crippen LogP contribution in [0.5, 0.6) is 0 Å². The summed E-state index contributed by atoms with van der Waals surface area (Å²) in [5.74, 6) is 0. The van der Waals surface area contributed by atoms with Crippen molar-refractivity contribution in [2.75, 3.05) is 0 Å². The van der Waals surface area contributed by atoms with Crippen LogP contribution in [0.15, 0.2) is 40.2 Å². The first-order valence-electron chi connectivity index (χ1n) is 5.67. The molecular formula is C14H12Cl2N2O. The molecule has 2 aromatic rings. The standard InChI is InChI=1S/C14H12Cl2N2O/c1-9-6-10(2)18(14(19)7-9)17-8-11-12(15)4-3-5-13(11)16/h3-8H,1-2H3. The Bertz CT molecular complexity index is 685. The molecule has 1 aromatic heterocycles. The van der Waals surface area contributed by atoms with E-state index in [0.29, 0.717) is 15.6 Å². The minimum Gasteiger partial charge on any atom is -0.267 e. The minimum absolute atomic E-state index is 0.183. The van der Waals surface area contributed by atoms with Gasteiger partial charge in [-0.3, -0.25) is 4.79 Å². The lowest BCUT2D eigenvalue weighted by atomic mass is 10.2. The van der Waals surface area contributed by atoms with Crippen LogP contribution < -0.4 is 5.56 Å². The summed E-state index contributed by atoms with van der Waals surface area (Å²) in [5.41, 5.74) is 2.07. The molecule has 0 atom stereocenters. The average Bonchev–Trinajstić information content (AvgIpc) is 2.31. The number of pyridine rings is 1. The summed E-state index contributed by atoms with van der Waals surface area (Å²) in [6, 6.07) is 8.61. The molecule has 5 heteroatoms. The quantitative estimate of drug-likeness (QED) is 0.779. The molecule has 0 amide bonds. The Hall–Kier alpha value is -1.58. The number of benzene rings is 1. The van der Waals surface area contributed by atoms with Gasteiger partial charge in [-0.15, -0.1) is 0 Å². The molecule has 1 heterocycles. The number of aryl methyl sites for hydroxylation is 2. The number of hydrogen-bond donors (Lipinski definition) is 0. The first-order valence-corrected chi connectivity index (χ1v) is 6.43. The Kier molecular flexibility index (Phi) is 4.08. The average molecular weight is 295 g/mol. The SMILES string of the molecule is Cc1cc(C)n(N=Cc2c(Cl)cccc2Cl)c(=O)c1. The summed E-state index contributed by atoms with van der Waals surface area (Å²) in [7, 11) is 0. The van der Waals surface area contributed by atoms with Crippen LogP contribution in [-0.4, -0.2) is 10.9 Å². The van der Waals surface area contributed by atoms with Crippen molar-refractivity contribution >= 4 is 29.4 Å². The molecular weight excluding hydrogens is 283 g/mol. The second kappa shape index (κ2) is 5.59. The third-order valence-electron chi connectivity index (χ3n) is 2.63. The van der Waals surface area contributed by atoms with Crippen LogP contribution in [0.3, 0.4) is 0 Å². The van der Waals surface area contributed by atoms with Gasteiger partial charge in [0.1, 0.15) is 0 Å². The summed E-state index contributed by atoms with van der Waals surface area (Å²) in [6.07, 6.45) is 1.49. The van der Waals surface area contributed by atoms with Gasteiger partial charge >= 0.3 is 0 Å². The Morgan fingerprint density at radius 3 is 2.37 bits per heavy atom. The fourth-order valence-electron chi connectivity index (χ4n) is 1.76. The fraction of sp³-hybridized carbons (Fsp3) is 0.143. The highest BCUT2D eigenvalue weighted by Crippen LogP contribution is 2.22. The second-order valence-corrected chi connectivity index (χ2v) is 5.02. The van der Waals surface area contributed by atoms with Crippen molar-refractivity contribution in [1.82, 2.24) is 4.68 Å². The highest BCUT2D eigenvalue weighted by Gasteiger charge is 2.03. The number of hydrogen-bond acceptors (Lipinski definition) is 2. The number of rotatable bonds is 2. The van der Waals surface area contributed by atoms with Crippen LogP contribution in [0.4, 0.5) is 0 Å². The van der Waals surface area contributed by atoms with Gasteiger partial charge < -0.3 is 0 Å². The van der Waals surface area contributed by atoms with Crippen LogP contribution >= 0.6 is 23.2 Å². The van der Waals surface area contributed by atoms with Gasteiger partial charge in [0, 0.05) is 17.3 Å². The molecule has 0 unspecified atom stereocenters. The first kappa shape index (κ1) is 13.8. The van der Waals surface area contributed by atoms with Crippen molar-refractivity contribution in [3.63, 3.8) is 0 Å². The molecule has 0 fully saturated rings. The number of halogens is 2. The molecule has 0 aliphatic carbocycles. The Labute approximate surface area is 121 Å². The van der Waals surface area contributed by atoms with Crippen LogP contribution in [0.25, 0.3) is 0 Å². The zero-order valence-corrected chi connectivity index (χ0v) is 12.0. The third-order valence-corrected chi connectivity index (χ3v) is 3.29. The van der Waals surface area contributed by atoms with E-state index < -0.39 is 0 Å². The van der Waals surface area contributed by atoms with E-state index in [4.69, 9.17) is 23.2 Å². The molecule has 0 N–H and O–H groups in total. The summed E-state index contributed by atoms with van der Waals surface area (Å²) >= 11 is 12.1. The normalized spacial score (nSPS) is 11.2. The molecule has 1 aromatic carbocycles. The zero-order valence-electron chi connectivity index (χ0n) is 10.5. The summed E-state index contributed by atoms with van der Waals surface area (Å²) < 4.78 is 1.31. The molecule has 3 nitrogen and oxygen atoms in total. The van der Waals surface area contributed by atoms with Crippen molar-refractivity contribution in [2.45, 2.75) is 13.8 Å². The molecule has 0 spiro atoms. The van der Waals surface area contributed by atoms with Crippen LogP contribution in [0.2, 0.25) is 10.0 Å². The zero-order chi connectivity index (χ0) is 14.0. The van der Waals surface area contributed by atoms with E-state index in [1.807, 2.05) is 19.9 Å². The lowest BCUT2D eigenvalue weighted by molar-refractivity contribution is 0.791. The molecule has 0 saturated heterocycles. The smallest absolute Gasteiger partial charge is 0.267 e. The first-order chi connectivity index (χ1) is 8.99. The highest BCUT2D eigenvalue weighted by molar-refractivity contribution is 6.38. The molecule has 98 valence electrons. The maximum Gasteiger partial charge on any atom is 0.271 e. The van der Waals surface area contributed by atoms with Gasteiger partial charge in [0.05, 0.1) is 16.3 Å². The molecule has 0 aliphatic rings. The summed E-state index contributed by atoms with van der Waals surface area (Å²) in [4.78, 5) is 11.8. The van der Waals surface area contributed by atoms with Gasteiger partial charge in [0.25, 0.3) is 5.56 Å². The minimum atomic E-state index is -0.183. The molecule has 0 bridgehead atoms. The summed E-state index contributed by atoms with van der Waals surface area (Å²) in [6.45, 7) is 3.69. The van der Waals surface area contributed by atoms with Crippen molar-refractivity contribution in [2.24, 2.45) is 5.10 Å². The van der Waals surface area contributed by atoms with Gasteiger partial charge in [-0.1, -0.05) is 29.3 Å². The third kappa shape index (κ3) is 3.06. The summed E-state index contributed by atoms with van der Waals surface area (Å²) in [5, 5.41) is 5.14. The lowest BCUT2D eigenvalue weighted by Crippen LogP contribution is -2.18. The Morgan fingerprint density at radius 1 is 1.16 bits per heavy atom. The van der Waals surface area contributed by atoms with Gasteiger partial charge in [-0.25, -0.2) is 4.68 Å². The Balaban J connectivity index is 2.47. The molecule has 2 rings (SSSR count). The van der Waals surface area contributed by atoms with E-state index in [-0.39, 0.29) is 5.56 Å².